The van der Waals surface area contributed by atoms with Crippen molar-refractivity contribution >= 4 is 11.9 Å². The molecule has 1 saturated carbocycles. The van der Waals surface area contributed by atoms with E-state index in [0.29, 0.717) is 5.92 Å². The van der Waals surface area contributed by atoms with Gasteiger partial charge in [0.15, 0.2) is 0 Å². The van der Waals surface area contributed by atoms with E-state index in [2.05, 4.69) is 5.32 Å². The molecule has 4 heteroatoms. The van der Waals surface area contributed by atoms with Gasteiger partial charge >= 0.3 is 5.97 Å². The molecule has 1 aromatic carbocycles. The molecule has 0 saturated heterocycles. The van der Waals surface area contributed by atoms with Crippen LogP contribution in [0.2, 0.25) is 0 Å². The Morgan fingerprint density at radius 3 is 2.61 bits per heavy atom. The largest absolute Gasteiger partial charge is 0.460 e. The molecular weight excluding hydrogens is 230 g/mol. The second-order valence-corrected chi connectivity index (χ2v) is 4.68. The Morgan fingerprint density at radius 1 is 1.33 bits per heavy atom. The van der Waals surface area contributed by atoms with Gasteiger partial charge in [-0.2, -0.15) is 0 Å². The third kappa shape index (κ3) is 3.58. The summed E-state index contributed by atoms with van der Waals surface area (Å²) in [6, 6.07) is 9.46. The normalized spacial score (nSPS) is 21.2. The van der Waals surface area contributed by atoms with Crippen molar-refractivity contribution in [2.24, 2.45) is 11.8 Å². The first kappa shape index (κ1) is 12.6. The van der Waals surface area contributed by atoms with Crippen molar-refractivity contribution in [2.75, 3.05) is 6.54 Å². The lowest BCUT2D eigenvalue weighted by Crippen LogP contribution is -2.31. The molecular formula is C14H17NO3. The molecule has 0 radical (unpaired) electrons. The molecule has 0 heterocycles. The van der Waals surface area contributed by atoms with Crippen LogP contribution in [0.3, 0.4) is 0 Å². The van der Waals surface area contributed by atoms with Gasteiger partial charge in [0.2, 0.25) is 5.91 Å². The first-order valence-corrected chi connectivity index (χ1v) is 6.14. The standard InChI is InChI=1S/C14H17NO3/c1-10-7-12(10)14(17)15-8-13(16)18-9-11-5-3-2-4-6-11/h2-6,10,12H,7-9H2,1H3,(H,15,17). The van der Waals surface area contributed by atoms with E-state index in [4.69, 9.17) is 4.74 Å². The van der Waals surface area contributed by atoms with Crippen molar-refractivity contribution in [1.82, 2.24) is 5.32 Å². The van der Waals surface area contributed by atoms with Crippen molar-refractivity contribution in [3.63, 3.8) is 0 Å². The lowest BCUT2D eigenvalue weighted by Gasteiger charge is -2.06. The van der Waals surface area contributed by atoms with Gasteiger partial charge in [0.25, 0.3) is 0 Å². The van der Waals surface area contributed by atoms with Gasteiger partial charge in [-0.15, -0.1) is 0 Å². The predicted molar refractivity (Wildman–Crippen MR) is 66.5 cm³/mol. The Labute approximate surface area is 106 Å². The number of rotatable bonds is 5. The highest BCUT2D eigenvalue weighted by Gasteiger charge is 2.39. The Kier molecular flexibility index (Phi) is 3.97. The molecule has 0 aliphatic heterocycles. The lowest BCUT2D eigenvalue weighted by molar-refractivity contribution is -0.145. The van der Waals surface area contributed by atoms with Crippen LogP contribution in [0.25, 0.3) is 0 Å². The third-order valence-electron chi connectivity index (χ3n) is 3.10. The Bertz CT molecular complexity index is 430. The summed E-state index contributed by atoms with van der Waals surface area (Å²) < 4.78 is 5.05. The van der Waals surface area contributed by atoms with Crippen LogP contribution in [0, 0.1) is 11.8 Å². The van der Waals surface area contributed by atoms with E-state index in [1.54, 1.807) is 0 Å². The minimum Gasteiger partial charge on any atom is -0.460 e. The van der Waals surface area contributed by atoms with Gasteiger partial charge in [-0.25, -0.2) is 0 Å². The first-order valence-electron chi connectivity index (χ1n) is 6.14. The zero-order valence-corrected chi connectivity index (χ0v) is 10.4. The van der Waals surface area contributed by atoms with Gasteiger partial charge in [-0.3, -0.25) is 9.59 Å². The van der Waals surface area contributed by atoms with Gasteiger partial charge in [-0.1, -0.05) is 37.3 Å². The molecule has 0 aromatic heterocycles. The summed E-state index contributed by atoms with van der Waals surface area (Å²) in [4.78, 5) is 22.9. The second-order valence-electron chi connectivity index (χ2n) is 4.68. The fourth-order valence-electron chi connectivity index (χ4n) is 1.77. The van der Waals surface area contributed by atoms with Crippen molar-refractivity contribution in [2.45, 2.75) is 20.0 Å². The molecule has 1 aromatic rings. The van der Waals surface area contributed by atoms with Crippen LogP contribution in [0.4, 0.5) is 0 Å². The molecule has 96 valence electrons. The zero-order chi connectivity index (χ0) is 13.0. The number of amides is 1. The van der Waals surface area contributed by atoms with E-state index in [1.807, 2.05) is 37.3 Å². The van der Waals surface area contributed by atoms with Crippen LogP contribution >= 0.6 is 0 Å². The highest BCUT2D eigenvalue weighted by atomic mass is 16.5. The second kappa shape index (κ2) is 5.67. The van der Waals surface area contributed by atoms with E-state index in [-0.39, 0.29) is 25.0 Å². The molecule has 1 N–H and O–H groups in total. The molecule has 0 spiro atoms. The summed E-state index contributed by atoms with van der Waals surface area (Å²) >= 11 is 0. The number of nitrogens with one attached hydrogen (secondary N) is 1. The van der Waals surface area contributed by atoms with E-state index >= 15 is 0 Å². The minimum absolute atomic E-state index is 0.0424. The summed E-state index contributed by atoms with van der Waals surface area (Å²) in [6.07, 6.45) is 0.922. The summed E-state index contributed by atoms with van der Waals surface area (Å²) in [6.45, 7) is 2.22. The summed E-state index contributed by atoms with van der Waals surface area (Å²) in [5.41, 5.74) is 0.938. The molecule has 1 fully saturated rings. The van der Waals surface area contributed by atoms with Crippen LogP contribution < -0.4 is 5.32 Å². The fraction of sp³-hybridized carbons (Fsp3) is 0.429. The van der Waals surface area contributed by atoms with Crippen LogP contribution in [0.5, 0.6) is 0 Å². The molecule has 1 aliphatic rings. The van der Waals surface area contributed by atoms with Gasteiger partial charge in [-0.05, 0) is 17.9 Å². The van der Waals surface area contributed by atoms with Crippen LogP contribution in [0.15, 0.2) is 30.3 Å². The summed E-state index contributed by atoms with van der Waals surface area (Å²) in [7, 11) is 0. The minimum atomic E-state index is -0.402. The molecule has 2 rings (SSSR count). The Balaban J connectivity index is 1.65. The lowest BCUT2D eigenvalue weighted by atomic mass is 10.2. The number of hydrogen-bond acceptors (Lipinski definition) is 3. The third-order valence-corrected chi connectivity index (χ3v) is 3.10. The molecule has 1 aliphatic carbocycles. The topological polar surface area (TPSA) is 55.4 Å². The van der Waals surface area contributed by atoms with Crippen LogP contribution in [0.1, 0.15) is 18.9 Å². The highest BCUT2D eigenvalue weighted by Crippen LogP contribution is 2.37. The van der Waals surface area contributed by atoms with Crippen LogP contribution in [-0.4, -0.2) is 18.4 Å². The maximum atomic E-state index is 11.5. The predicted octanol–water partition coefficient (Wildman–Crippen LogP) is 1.50. The van der Waals surface area contributed by atoms with Gasteiger partial charge in [0.1, 0.15) is 13.2 Å². The SMILES string of the molecule is CC1CC1C(=O)NCC(=O)OCc1ccccc1. The van der Waals surface area contributed by atoms with Crippen molar-refractivity contribution in [1.29, 1.82) is 0 Å². The monoisotopic (exact) mass is 247 g/mol. The van der Waals surface area contributed by atoms with Crippen molar-refractivity contribution < 1.29 is 14.3 Å². The molecule has 4 nitrogen and oxygen atoms in total. The average molecular weight is 247 g/mol. The smallest absolute Gasteiger partial charge is 0.325 e. The quantitative estimate of drug-likeness (QED) is 0.802. The highest BCUT2D eigenvalue weighted by molar-refractivity contribution is 5.85. The van der Waals surface area contributed by atoms with Gasteiger partial charge in [0, 0.05) is 5.92 Å². The average Bonchev–Trinajstić information content (AvgIpc) is 3.12. The molecule has 18 heavy (non-hydrogen) atoms. The number of hydrogen-bond donors (Lipinski definition) is 1. The number of carbonyl (C=O) groups is 2. The summed E-state index contributed by atoms with van der Waals surface area (Å²) in [5.74, 6) is 0.0944. The van der Waals surface area contributed by atoms with Gasteiger partial charge < -0.3 is 10.1 Å². The zero-order valence-electron chi connectivity index (χ0n) is 10.4. The Hall–Kier alpha value is -1.84. The van der Waals surface area contributed by atoms with Gasteiger partial charge in [0.05, 0.1) is 0 Å². The van der Waals surface area contributed by atoms with E-state index < -0.39 is 5.97 Å². The Morgan fingerprint density at radius 2 is 2.00 bits per heavy atom. The molecule has 1 amide bonds. The molecule has 0 bridgehead atoms. The number of benzene rings is 1. The number of carbonyl (C=O) groups excluding carboxylic acids is 2. The number of ether oxygens (including phenoxy) is 1. The van der Waals surface area contributed by atoms with Crippen molar-refractivity contribution in [3.8, 4) is 0 Å². The molecule has 2 unspecified atom stereocenters. The first-order chi connectivity index (χ1) is 8.66. The molecule has 2 atom stereocenters. The number of esters is 1. The van der Waals surface area contributed by atoms with E-state index in [9.17, 15) is 9.59 Å². The fourth-order valence-corrected chi connectivity index (χ4v) is 1.77. The maximum Gasteiger partial charge on any atom is 0.325 e. The maximum absolute atomic E-state index is 11.5. The van der Waals surface area contributed by atoms with Crippen molar-refractivity contribution in [3.05, 3.63) is 35.9 Å². The van der Waals surface area contributed by atoms with E-state index in [1.165, 1.54) is 0 Å². The summed E-state index contributed by atoms with van der Waals surface area (Å²) in [5, 5.41) is 2.60. The van der Waals surface area contributed by atoms with Crippen LogP contribution in [-0.2, 0) is 20.9 Å². The van der Waals surface area contributed by atoms with E-state index in [0.717, 1.165) is 12.0 Å².